The maximum Gasteiger partial charge on any atom is -0.0206 e. The van der Waals surface area contributed by atoms with Crippen LogP contribution in [0.4, 0.5) is 0 Å². The molecule has 0 aromatic carbocycles. The van der Waals surface area contributed by atoms with Crippen molar-refractivity contribution >= 4 is 0 Å². The third kappa shape index (κ3) is 5.45. The first kappa shape index (κ1) is 17.6. The first-order valence-corrected chi connectivity index (χ1v) is 9.67. The highest BCUT2D eigenvalue weighted by Crippen LogP contribution is 2.42. The van der Waals surface area contributed by atoms with Crippen LogP contribution in [0.15, 0.2) is 36.0 Å². The van der Waals surface area contributed by atoms with Crippen LogP contribution < -0.4 is 0 Å². The van der Waals surface area contributed by atoms with Crippen molar-refractivity contribution in [3.8, 4) is 0 Å². The summed E-state index contributed by atoms with van der Waals surface area (Å²) in [5.41, 5.74) is 2.91. The van der Waals surface area contributed by atoms with Crippen molar-refractivity contribution < 1.29 is 0 Å². The van der Waals surface area contributed by atoms with Crippen LogP contribution in [0.25, 0.3) is 0 Å². The van der Waals surface area contributed by atoms with Crippen molar-refractivity contribution in [2.24, 2.45) is 17.8 Å². The minimum Gasteiger partial charge on any atom is -0.0996 e. The molecule has 0 aromatic heterocycles. The van der Waals surface area contributed by atoms with Crippen LogP contribution >= 0.6 is 0 Å². The van der Waals surface area contributed by atoms with Gasteiger partial charge in [0.1, 0.15) is 0 Å². The Morgan fingerprint density at radius 1 is 1.00 bits per heavy atom. The van der Waals surface area contributed by atoms with E-state index in [1.807, 2.05) is 0 Å². The van der Waals surface area contributed by atoms with Crippen LogP contribution in [0.2, 0.25) is 0 Å². The molecule has 0 radical (unpaired) electrons. The molecule has 0 atom stereocenters. The molecule has 22 heavy (non-hydrogen) atoms. The van der Waals surface area contributed by atoms with Crippen LogP contribution in [-0.2, 0) is 0 Å². The Morgan fingerprint density at radius 2 is 1.64 bits per heavy atom. The molecule has 124 valence electrons. The maximum atomic E-state index is 4.41. The van der Waals surface area contributed by atoms with Gasteiger partial charge in [-0.2, -0.15) is 0 Å². The van der Waals surface area contributed by atoms with E-state index in [9.17, 15) is 0 Å². The molecule has 0 unspecified atom stereocenters. The second-order valence-electron chi connectivity index (χ2n) is 7.64. The molecule has 0 amide bonds. The van der Waals surface area contributed by atoms with Crippen molar-refractivity contribution in [1.82, 2.24) is 0 Å². The summed E-state index contributed by atoms with van der Waals surface area (Å²) in [6.07, 6.45) is 22.3. The van der Waals surface area contributed by atoms with Gasteiger partial charge >= 0.3 is 0 Å². The maximum absolute atomic E-state index is 4.41. The number of unbranched alkanes of at least 4 members (excludes halogenated alkanes) is 1. The van der Waals surface area contributed by atoms with E-state index in [0.29, 0.717) is 0 Å². The number of hydrogen-bond donors (Lipinski definition) is 0. The molecule has 2 fully saturated rings. The SMILES string of the molecule is C=C(CCC/C=C\C(C)=C/C)C1CCC(C2CCCC2)CC1. The Bertz CT molecular complexity index is 384. The van der Waals surface area contributed by atoms with E-state index < -0.39 is 0 Å². The van der Waals surface area contributed by atoms with Crippen molar-refractivity contribution in [3.05, 3.63) is 36.0 Å². The zero-order chi connectivity index (χ0) is 15.8. The highest BCUT2D eigenvalue weighted by molar-refractivity contribution is 5.14. The number of allylic oxidation sites excluding steroid dienone is 5. The average molecular weight is 301 g/mol. The predicted octanol–water partition coefficient (Wildman–Crippen LogP) is 7.23. The lowest BCUT2D eigenvalue weighted by atomic mass is 9.73. The van der Waals surface area contributed by atoms with E-state index in [1.54, 1.807) is 5.57 Å². The quantitative estimate of drug-likeness (QED) is 0.264. The van der Waals surface area contributed by atoms with E-state index >= 15 is 0 Å². The largest absolute Gasteiger partial charge is 0.0996 e. The van der Waals surface area contributed by atoms with Gasteiger partial charge in [-0.25, -0.2) is 0 Å². The Kier molecular flexibility index (Phi) is 7.49. The van der Waals surface area contributed by atoms with Crippen molar-refractivity contribution in [2.75, 3.05) is 0 Å². The van der Waals surface area contributed by atoms with Gasteiger partial charge in [-0.05, 0) is 76.5 Å². The molecule has 0 aliphatic heterocycles. The third-order valence-corrected chi connectivity index (χ3v) is 6.12. The Hall–Kier alpha value is -0.780. The summed E-state index contributed by atoms with van der Waals surface area (Å²) in [7, 11) is 0. The molecule has 0 N–H and O–H groups in total. The van der Waals surface area contributed by atoms with Crippen molar-refractivity contribution in [2.45, 2.75) is 84.5 Å². The van der Waals surface area contributed by atoms with Crippen LogP contribution in [-0.4, -0.2) is 0 Å². The normalized spacial score (nSPS) is 27.6. The molecular weight excluding hydrogens is 264 g/mol. The Balaban J connectivity index is 1.61. The van der Waals surface area contributed by atoms with Gasteiger partial charge in [-0.15, -0.1) is 0 Å². The fourth-order valence-electron chi connectivity index (χ4n) is 4.44. The molecule has 0 spiro atoms. The Morgan fingerprint density at radius 3 is 2.27 bits per heavy atom. The van der Waals surface area contributed by atoms with E-state index in [4.69, 9.17) is 0 Å². The summed E-state index contributed by atoms with van der Waals surface area (Å²) >= 11 is 0. The lowest BCUT2D eigenvalue weighted by molar-refractivity contribution is 0.219. The van der Waals surface area contributed by atoms with Gasteiger partial charge in [0.15, 0.2) is 0 Å². The van der Waals surface area contributed by atoms with Crippen molar-refractivity contribution in [3.63, 3.8) is 0 Å². The van der Waals surface area contributed by atoms with E-state index in [-0.39, 0.29) is 0 Å². The van der Waals surface area contributed by atoms with E-state index in [1.165, 1.54) is 76.2 Å². The summed E-state index contributed by atoms with van der Waals surface area (Å²) in [5.74, 6) is 2.96. The fraction of sp³-hybridized carbons (Fsp3) is 0.727. The van der Waals surface area contributed by atoms with Gasteiger partial charge in [0.2, 0.25) is 0 Å². The monoisotopic (exact) mass is 300 g/mol. The van der Waals surface area contributed by atoms with Gasteiger partial charge in [-0.1, -0.05) is 61.6 Å². The zero-order valence-corrected chi connectivity index (χ0v) is 14.9. The first-order valence-electron chi connectivity index (χ1n) is 9.67. The lowest BCUT2D eigenvalue weighted by Crippen LogP contribution is -2.21. The molecular formula is C22H36. The van der Waals surface area contributed by atoms with E-state index in [2.05, 4.69) is 38.7 Å². The topological polar surface area (TPSA) is 0 Å². The van der Waals surface area contributed by atoms with Gasteiger partial charge < -0.3 is 0 Å². The lowest BCUT2D eigenvalue weighted by Gasteiger charge is -2.33. The molecule has 0 heterocycles. The molecule has 0 aromatic rings. The molecule has 2 saturated carbocycles. The zero-order valence-electron chi connectivity index (χ0n) is 14.9. The number of hydrogen-bond acceptors (Lipinski definition) is 0. The van der Waals surface area contributed by atoms with Gasteiger partial charge in [0.25, 0.3) is 0 Å². The van der Waals surface area contributed by atoms with Crippen LogP contribution in [0.1, 0.15) is 84.5 Å². The summed E-state index contributed by atoms with van der Waals surface area (Å²) in [4.78, 5) is 0. The molecule has 0 saturated heterocycles. The van der Waals surface area contributed by atoms with Crippen LogP contribution in [0.5, 0.6) is 0 Å². The molecule has 0 bridgehead atoms. The minimum atomic E-state index is 0.832. The molecule has 2 aliphatic carbocycles. The van der Waals surface area contributed by atoms with Gasteiger partial charge in [0, 0.05) is 0 Å². The second-order valence-corrected chi connectivity index (χ2v) is 7.64. The van der Waals surface area contributed by atoms with Crippen molar-refractivity contribution in [1.29, 1.82) is 0 Å². The highest BCUT2D eigenvalue weighted by Gasteiger charge is 2.29. The van der Waals surface area contributed by atoms with Gasteiger partial charge in [-0.3, -0.25) is 0 Å². The van der Waals surface area contributed by atoms with Crippen LogP contribution in [0, 0.1) is 17.8 Å². The van der Waals surface area contributed by atoms with Crippen LogP contribution in [0.3, 0.4) is 0 Å². The summed E-state index contributed by atoms with van der Waals surface area (Å²) in [6, 6.07) is 0. The second kappa shape index (κ2) is 9.38. The molecule has 2 aliphatic rings. The molecule has 0 heteroatoms. The number of rotatable bonds is 7. The Labute approximate surface area is 138 Å². The average Bonchev–Trinajstić information content (AvgIpc) is 3.08. The standard InChI is InChI=1S/C22H36/c1-4-18(2)10-6-5-7-11-19(3)20-14-16-22(17-15-20)21-12-8-9-13-21/h4,6,10,20-22H,3,5,7-9,11-17H2,1-2H3/b10-6-,18-4-. The fourth-order valence-corrected chi connectivity index (χ4v) is 4.44. The molecule has 2 rings (SSSR count). The summed E-state index contributed by atoms with van der Waals surface area (Å²) < 4.78 is 0. The third-order valence-electron chi connectivity index (χ3n) is 6.12. The summed E-state index contributed by atoms with van der Waals surface area (Å²) in [5, 5.41) is 0. The molecule has 0 nitrogen and oxygen atoms in total. The highest BCUT2D eigenvalue weighted by atomic mass is 14.3. The first-order chi connectivity index (χ1) is 10.7. The summed E-state index contributed by atoms with van der Waals surface area (Å²) in [6.45, 7) is 8.68. The minimum absolute atomic E-state index is 0.832. The van der Waals surface area contributed by atoms with E-state index in [0.717, 1.165) is 17.8 Å². The predicted molar refractivity (Wildman–Crippen MR) is 99.0 cm³/mol. The smallest absolute Gasteiger partial charge is 0.0206 e. The van der Waals surface area contributed by atoms with Gasteiger partial charge in [0.05, 0.1) is 0 Å².